The molecule has 2 aromatic carbocycles. The van der Waals surface area contributed by atoms with E-state index in [4.69, 9.17) is 74.3 Å². The highest BCUT2D eigenvalue weighted by Crippen LogP contribution is 2.40. The SMILES string of the molecule is Clc1cc(Cl)c(Cl)c(Oc2cc(Cl)c(Cl)c(Cl)c2)c1. The van der Waals surface area contributed by atoms with Gasteiger partial charge in [0.05, 0.1) is 20.1 Å². The maximum absolute atomic E-state index is 6.02. The number of hydrogen-bond acceptors (Lipinski definition) is 1. The summed E-state index contributed by atoms with van der Waals surface area (Å²) in [7, 11) is 0. The molecule has 0 aromatic heterocycles. The second-order valence-electron chi connectivity index (χ2n) is 3.50. The molecule has 7 heteroatoms. The van der Waals surface area contributed by atoms with Crippen molar-refractivity contribution in [2.45, 2.75) is 0 Å². The fraction of sp³-hybridized carbons (Fsp3) is 0. The maximum atomic E-state index is 6.02. The van der Waals surface area contributed by atoms with E-state index in [1.807, 2.05) is 0 Å². The molecule has 0 saturated heterocycles. The second kappa shape index (κ2) is 6.17. The predicted octanol–water partition coefficient (Wildman–Crippen LogP) is 7.40. The van der Waals surface area contributed by atoms with Crippen LogP contribution in [0.3, 0.4) is 0 Å². The van der Waals surface area contributed by atoms with Gasteiger partial charge in [-0.2, -0.15) is 0 Å². The van der Waals surface area contributed by atoms with E-state index in [1.165, 1.54) is 24.3 Å². The lowest BCUT2D eigenvalue weighted by atomic mass is 10.3. The average Bonchev–Trinajstić information content (AvgIpc) is 2.32. The Morgan fingerprint density at radius 1 is 0.632 bits per heavy atom. The summed E-state index contributed by atoms with van der Waals surface area (Å²) in [5.41, 5.74) is 0. The van der Waals surface area contributed by atoms with Gasteiger partial charge in [-0.05, 0) is 6.07 Å². The van der Waals surface area contributed by atoms with E-state index in [-0.39, 0.29) is 25.1 Å². The Bertz CT molecular complexity index is 617. The summed E-state index contributed by atoms with van der Waals surface area (Å²) < 4.78 is 5.56. The molecular formula is C12H4Cl6O. The van der Waals surface area contributed by atoms with E-state index in [0.717, 1.165) is 0 Å². The summed E-state index contributed by atoms with van der Waals surface area (Å²) in [4.78, 5) is 0. The van der Waals surface area contributed by atoms with Crippen LogP contribution < -0.4 is 4.74 Å². The molecule has 0 aliphatic rings. The smallest absolute Gasteiger partial charge is 0.149 e. The lowest BCUT2D eigenvalue weighted by molar-refractivity contribution is 0.483. The molecule has 0 N–H and O–H groups in total. The van der Waals surface area contributed by atoms with Crippen LogP contribution in [-0.4, -0.2) is 0 Å². The van der Waals surface area contributed by atoms with Gasteiger partial charge < -0.3 is 4.74 Å². The number of hydrogen-bond donors (Lipinski definition) is 0. The van der Waals surface area contributed by atoms with Crippen LogP contribution in [0.4, 0.5) is 0 Å². The van der Waals surface area contributed by atoms with E-state index in [9.17, 15) is 0 Å². The van der Waals surface area contributed by atoms with Crippen LogP contribution in [0.15, 0.2) is 24.3 Å². The topological polar surface area (TPSA) is 9.23 Å². The van der Waals surface area contributed by atoms with Crippen molar-refractivity contribution >= 4 is 69.6 Å². The minimum atomic E-state index is 0.244. The molecule has 0 heterocycles. The Morgan fingerprint density at radius 2 is 1.16 bits per heavy atom. The molecule has 0 bridgehead atoms. The van der Waals surface area contributed by atoms with Gasteiger partial charge in [0.15, 0.2) is 0 Å². The standard InChI is InChI=1S/C12H4Cl6O/c13-5-1-7(14)12(18)10(2-5)19-6-3-8(15)11(17)9(16)4-6/h1-4H. The van der Waals surface area contributed by atoms with E-state index in [1.54, 1.807) is 0 Å². The first-order chi connectivity index (χ1) is 8.88. The van der Waals surface area contributed by atoms with Gasteiger partial charge in [-0.3, -0.25) is 0 Å². The summed E-state index contributed by atoms with van der Waals surface area (Å²) in [6.45, 7) is 0. The quantitative estimate of drug-likeness (QED) is 0.392. The zero-order chi connectivity index (χ0) is 14.2. The Labute approximate surface area is 139 Å². The van der Waals surface area contributed by atoms with Crippen LogP contribution in [0.1, 0.15) is 0 Å². The molecule has 0 radical (unpaired) electrons. The van der Waals surface area contributed by atoms with E-state index < -0.39 is 0 Å². The van der Waals surface area contributed by atoms with Gasteiger partial charge in [-0.25, -0.2) is 0 Å². The maximum Gasteiger partial charge on any atom is 0.149 e. The Morgan fingerprint density at radius 3 is 1.74 bits per heavy atom. The molecule has 2 aromatic rings. The molecule has 0 aliphatic carbocycles. The molecule has 19 heavy (non-hydrogen) atoms. The minimum absolute atomic E-state index is 0.244. The summed E-state index contributed by atoms with van der Waals surface area (Å²) in [6, 6.07) is 6.08. The Kier molecular flexibility index (Phi) is 4.99. The summed E-state index contributed by atoms with van der Waals surface area (Å²) in [5, 5.41) is 1.73. The summed E-state index contributed by atoms with van der Waals surface area (Å²) >= 11 is 35.5. The monoisotopic (exact) mass is 374 g/mol. The van der Waals surface area contributed by atoms with Crippen LogP contribution in [0.5, 0.6) is 11.5 Å². The average molecular weight is 377 g/mol. The second-order valence-corrected chi connectivity index (χ2v) is 5.92. The molecule has 0 atom stereocenters. The first-order valence-corrected chi connectivity index (χ1v) is 7.12. The van der Waals surface area contributed by atoms with Crippen molar-refractivity contribution in [3.63, 3.8) is 0 Å². The zero-order valence-corrected chi connectivity index (χ0v) is 13.5. The third kappa shape index (κ3) is 3.55. The van der Waals surface area contributed by atoms with Gasteiger partial charge in [-0.15, -0.1) is 0 Å². The minimum Gasteiger partial charge on any atom is -0.456 e. The summed E-state index contributed by atoms with van der Waals surface area (Å²) in [6.07, 6.45) is 0. The fourth-order valence-electron chi connectivity index (χ4n) is 1.32. The largest absolute Gasteiger partial charge is 0.456 e. The molecule has 0 spiro atoms. The molecule has 0 unspecified atom stereocenters. The molecule has 0 fully saturated rings. The molecule has 0 amide bonds. The molecule has 2 rings (SSSR count). The number of benzene rings is 2. The molecule has 0 aliphatic heterocycles. The van der Waals surface area contributed by atoms with Crippen LogP contribution in [0.25, 0.3) is 0 Å². The van der Waals surface area contributed by atoms with Gasteiger partial charge in [-0.1, -0.05) is 69.6 Å². The predicted molar refractivity (Wildman–Crippen MR) is 83.0 cm³/mol. The fourth-order valence-corrected chi connectivity index (χ4v) is 2.52. The number of ether oxygens (including phenoxy) is 1. The van der Waals surface area contributed by atoms with Crippen LogP contribution in [-0.2, 0) is 0 Å². The summed E-state index contributed by atoms with van der Waals surface area (Å²) in [5.74, 6) is 0.674. The van der Waals surface area contributed by atoms with Gasteiger partial charge >= 0.3 is 0 Å². The highest BCUT2D eigenvalue weighted by Gasteiger charge is 2.12. The zero-order valence-electron chi connectivity index (χ0n) is 8.99. The Hall–Kier alpha value is -0.0200. The molecular weight excluding hydrogens is 373 g/mol. The third-order valence-corrected chi connectivity index (χ3v) is 4.34. The van der Waals surface area contributed by atoms with Gasteiger partial charge in [0.2, 0.25) is 0 Å². The third-order valence-electron chi connectivity index (χ3n) is 2.14. The van der Waals surface area contributed by atoms with Gasteiger partial charge in [0, 0.05) is 23.2 Å². The first-order valence-electron chi connectivity index (χ1n) is 4.85. The van der Waals surface area contributed by atoms with Gasteiger partial charge in [0.25, 0.3) is 0 Å². The first kappa shape index (κ1) is 15.4. The highest BCUT2D eigenvalue weighted by molar-refractivity contribution is 6.48. The van der Waals surface area contributed by atoms with Crippen molar-refractivity contribution in [1.29, 1.82) is 0 Å². The molecule has 1 nitrogen and oxygen atoms in total. The van der Waals surface area contributed by atoms with Crippen molar-refractivity contribution in [2.24, 2.45) is 0 Å². The molecule has 0 saturated carbocycles. The Balaban J connectivity index is 2.42. The lowest BCUT2D eigenvalue weighted by Gasteiger charge is -2.10. The van der Waals surface area contributed by atoms with Crippen molar-refractivity contribution in [3.05, 3.63) is 54.4 Å². The normalized spacial score (nSPS) is 10.6. The van der Waals surface area contributed by atoms with Crippen LogP contribution >= 0.6 is 69.6 Å². The highest BCUT2D eigenvalue weighted by atomic mass is 35.5. The van der Waals surface area contributed by atoms with E-state index in [2.05, 4.69) is 0 Å². The number of rotatable bonds is 2. The van der Waals surface area contributed by atoms with Crippen LogP contribution in [0.2, 0.25) is 30.1 Å². The van der Waals surface area contributed by atoms with E-state index >= 15 is 0 Å². The van der Waals surface area contributed by atoms with E-state index in [0.29, 0.717) is 16.5 Å². The van der Waals surface area contributed by atoms with Crippen molar-refractivity contribution in [2.75, 3.05) is 0 Å². The van der Waals surface area contributed by atoms with Crippen molar-refractivity contribution in [1.82, 2.24) is 0 Å². The van der Waals surface area contributed by atoms with Crippen LogP contribution in [0, 0.1) is 0 Å². The van der Waals surface area contributed by atoms with Crippen molar-refractivity contribution in [3.8, 4) is 11.5 Å². The lowest BCUT2D eigenvalue weighted by Crippen LogP contribution is -1.87. The number of halogens is 6. The van der Waals surface area contributed by atoms with Gasteiger partial charge in [0.1, 0.15) is 16.5 Å². The van der Waals surface area contributed by atoms with Crippen molar-refractivity contribution < 1.29 is 4.74 Å². The molecule has 100 valence electrons.